The third-order valence-corrected chi connectivity index (χ3v) is 4.54. The van der Waals surface area contributed by atoms with Crippen molar-refractivity contribution >= 4 is 11.9 Å². The van der Waals surface area contributed by atoms with Crippen molar-refractivity contribution in [3.63, 3.8) is 0 Å². The molecule has 1 aliphatic carbocycles. The second kappa shape index (κ2) is 8.67. The molecule has 2 rings (SSSR count). The second-order valence-electron chi connectivity index (χ2n) is 6.11. The van der Waals surface area contributed by atoms with Crippen LogP contribution in [0.4, 0.5) is 0 Å². The van der Waals surface area contributed by atoms with Crippen LogP contribution in [0.3, 0.4) is 0 Å². The van der Waals surface area contributed by atoms with Crippen LogP contribution in [0.2, 0.25) is 0 Å². The Morgan fingerprint density at radius 3 is 2.39 bits per heavy atom. The number of esters is 1. The first-order valence-electron chi connectivity index (χ1n) is 8.25. The third-order valence-electron chi connectivity index (χ3n) is 4.54. The smallest absolute Gasteiger partial charge is 0.335 e. The average Bonchev–Trinajstić information content (AvgIpc) is 2.54. The van der Waals surface area contributed by atoms with Crippen LogP contribution >= 0.6 is 0 Å². The molecule has 0 amide bonds. The van der Waals surface area contributed by atoms with Crippen LogP contribution in [0.1, 0.15) is 54.4 Å². The van der Waals surface area contributed by atoms with Gasteiger partial charge in [-0.3, -0.25) is 4.79 Å². The van der Waals surface area contributed by atoms with Gasteiger partial charge in [0.25, 0.3) is 0 Å². The third kappa shape index (κ3) is 5.06. The first kappa shape index (κ1) is 17.5. The summed E-state index contributed by atoms with van der Waals surface area (Å²) in [5.74, 6) is -1.15. The van der Waals surface area contributed by atoms with E-state index in [1.165, 1.54) is 20.0 Å². The van der Waals surface area contributed by atoms with Crippen LogP contribution < -0.4 is 5.32 Å². The van der Waals surface area contributed by atoms with Gasteiger partial charge in [0.05, 0.1) is 18.6 Å². The summed E-state index contributed by atoms with van der Waals surface area (Å²) in [5.41, 5.74) is 1.30. The minimum absolute atomic E-state index is 0.0985. The molecule has 1 fully saturated rings. The monoisotopic (exact) mass is 319 g/mol. The molecule has 1 aliphatic rings. The second-order valence-corrected chi connectivity index (χ2v) is 6.11. The van der Waals surface area contributed by atoms with Crippen LogP contribution in [-0.2, 0) is 16.1 Å². The Bertz CT molecular complexity index is 526. The van der Waals surface area contributed by atoms with E-state index < -0.39 is 5.97 Å². The summed E-state index contributed by atoms with van der Waals surface area (Å²) in [4.78, 5) is 22.9. The Labute approximate surface area is 137 Å². The van der Waals surface area contributed by atoms with Crippen molar-refractivity contribution in [3.05, 3.63) is 35.4 Å². The molecule has 2 N–H and O–H groups in total. The number of hydrogen-bond donors (Lipinski definition) is 2. The van der Waals surface area contributed by atoms with Crippen molar-refractivity contribution in [2.24, 2.45) is 5.92 Å². The van der Waals surface area contributed by atoms with Crippen molar-refractivity contribution in [1.29, 1.82) is 0 Å². The zero-order valence-corrected chi connectivity index (χ0v) is 13.6. The van der Waals surface area contributed by atoms with Gasteiger partial charge in [-0.25, -0.2) is 4.79 Å². The number of carbonyl (C=O) groups excluding carboxylic acids is 1. The van der Waals surface area contributed by atoms with Crippen molar-refractivity contribution in [1.82, 2.24) is 5.32 Å². The van der Waals surface area contributed by atoms with Crippen LogP contribution in [-0.4, -0.2) is 30.2 Å². The van der Waals surface area contributed by atoms with E-state index >= 15 is 0 Å². The number of ether oxygens (including phenoxy) is 1. The molecule has 0 radical (unpaired) electrons. The lowest BCUT2D eigenvalue weighted by molar-refractivity contribution is -0.147. The lowest BCUT2D eigenvalue weighted by Gasteiger charge is -2.28. The molecular formula is C18H25NO4. The molecule has 1 saturated carbocycles. The number of benzene rings is 1. The standard InChI is InChI=1S/C18H25NO4/c1-23-18(22)15-6-4-2-3-5-7-16(15)19-12-13-8-10-14(11-9-13)17(20)21/h8-11,15-16,19H,2-7,12H2,1H3,(H,20,21). The Hall–Kier alpha value is -1.88. The van der Waals surface area contributed by atoms with E-state index in [0.29, 0.717) is 6.54 Å². The Morgan fingerprint density at radius 1 is 1.13 bits per heavy atom. The van der Waals surface area contributed by atoms with Crippen LogP contribution in [0.15, 0.2) is 24.3 Å². The summed E-state index contributed by atoms with van der Waals surface area (Å²) in [6.07, 6.45) is 6.39. The molecule has 5 heteroatoms. The highest BCUT2D eigenvalue weighted by molar-refractivity contribution is 5.87. The van der Waals surface area contributed by atoms with Gasteiger partial charge in [0.1, 0.15) is 0 Å². The van der Waals surface area contributed by atoms with E-state index in [9.17, 15) is 9.59 Å². The van der Waals surface area contributed by atoms with Gasteiger partial charge in [-0.2, -0.15) is 0 Å². The summed E-state index contributed by atoms with van der Waals surface area (Å²) in [6, 6.07) is 6.95. The average molecular weight is 319 g/mol. The minimum Gasteiger partial charge on any atom is -0.478 e. The molecule has 23 heavy (non-hydrogen) atoms. The van der Waals surface area contributed by atoms with E-state index in [4.69, 9.17) is 9.84 Å². The number of rotatable bonds is 5. The van der Waals surface area contributed by atoms with Gasteiger partial charge in [0.15, 0.2) is 0 Å². The molecule has 0 heterocycles. The fourth-order valence-corrected chi connectivity index (χ4v) is 3.18. The van der Waals surface area contributed by atoms with E-state index in [0.717, 1.165) is 31.2 Å². The van der Waals surface area contributed by atoms with Crippen molar-refractivity contribution in [2.75, 3.05) is 7.11 Å². The largest absolute Gasteiger partial charge is 0.478 e. The first-order valence-corrected chi connectivity index (χ1v) is 8.25. The lowest BCUT2D eigenvalue weighted by atomic mass is 9.86. The Kier molecular flexibility index (Phi) is 6.59. The normalized spacial score (nSPS) is 22.0. The number of carbonyl (C=O) groups is 2. The topological polar surface area (TPSA) is 75.6 Å². The zero-order chi connectivity index (χ0) is 16.7. The summed E-state index contributed by atoms with van der Waals surface area (Å²) < 4.78 is 4.97. The summed E-state index contributed by atoms with van der Waals surface area (Å²) in [5, 5.41) is 12.4. The maximum Gasteiger partial charge on any atom is 0.335 e. The highest BCUT2D eigenvalue weighted by Crippen LogP contribution is 2.24. The molecule has 2 atom stereocenters. The molecule has 126 valence electrons. The SMILES string of the molecule is COC(=O)C1CCCCCCC1NCc1ccc(C(=O)O)cc1. The molecule has 0 aromatic heterocycles. The number of carboxylic acids is 1. The number of nitrogens with one attached hydrogen (secondary N) is 1. The van der Waals surface area contributed by atoms with Gasteiger partial charge < -0.3 is 15.2 Å². The highest BCUT2D eigenvalue weighted by atomic mass is 16.5. The fraction of sp³-hybridized carbons (Fsp3) is 0.556. The van der Waals surface area contributed by atoms with Crippen molar-refractivity contribution in [3.8, 4) is 0 Å². The summed E-state index contributed by atoms with van der Waals surface area (Å²) >= 11 is 0. The molecule has 1 aromatic rings. The predicted octanol–water partition coefficient (Wildman–Crippen LogP) is 2.99. The molecule has 0 aliphatic heterocycles. The summed E-state index contributed by atoms with van der Waals surface area (Å²) in [7, 11) is 1.45. The number of carboxylic acid groups (broad SMARTS) is 1. The maximum absolute atomic E-state index is 12.0. The van der Waals surface area contributed by atoms with E-state index in [2.05, 4.69) is 5.32 Å². The van der Waals surface area contributed by atoms with Gasteiger partial charge in [-0.1, -0.05) is 37.8 Å². The molecule has 2 unspecified atom stereocenters. The highest BCUT2D eigenvalue weighted by Gasteiger charge is 2.29. The molecule has 1 aromatic carbocycles. The van der Waals surface area contributed by atoms with Crippen molar-refractivity contribution in [2.45, 2.75) is 51.1 Å². The number of hydrogen-bond acceptors (Lipinski definition) is 4. The Morgan fingerprint density at radius 2 is 1.78 bits per heavy atom. The van der Waals surface area contributed by atoms with Gasteiger partial charge in [-0.15, -0.1) is 0 Å². The van der Waals surface area contributed by atoms with E-state index in [-0.39, 0.29) is 23.5 Å². The number of aromatic carboxylic acids is 1. The first-order chi connectivity index (χ1) is 11.1. The van der Waals surface area contributed by atoms with Crippen LogP contribution in [0.25, 0.3) is 0 Å². The molecule has 0 bridgehead atoms. The molecule has 5 nitrogen and oxygen atoms in total. The van der Waals surface area contributed by atoms with E-state index in [1.54, 1.807) is 12.1 Å². The predicted molar refractivity (Wildman–Crippen MR) is 87.2 cm³/mol. The fourth-order valence-electron chi connectivity index (χ4n) is 3.18. The minimum atomic E-state index is -0.921. The van der Waals surface area contributed by atoms with Gasteiger partial charge >= 0.3 is 11.9 Å². The van der Waals surface area contributed by atoms with Gasteiger partial charge in [0.2, 0.25) is 0 Å². The van der Waals surface area contributed by atoms with Crippen molar-refractivity contribution < 1.29 is 19.4 Å². The van der Waals surface area contributed by atoms with Crippen LogP contribution in [0, 0.1) is 5.92 Å². The zero-order valence-electron chi connectivity index (χ0n) is 13.6. The Balaban J connectivity index is 1.99. The van der Waals surface area contributed by atoms with Gasteiger partial charge in [-0.05, 0) is 30.5 Å². The molecule has 0 spiro atoms. The number of methoxy groups -OCH3 is 1. The van der Waals surface area contributed by atoms with E-state index in [1.807, 2.05) is 12.1 Å². The summed E-state index contributed by atoms with van der Waals surface area (Å²) in [6.45, 7) is 0.623. The molecular weight excluding hydrogens is 294 g/mol. The molecule has 0 saturated heterocycles. The van der Waals surface area contributed by atoms with Crippen LogP contribution in [0.5, 0.6) is 0 Å². The van der Waals surface area contributed by atoms with Gasteiger partial charge in [0, 0.05) is 12.6 Å². The quantitative estimate of drug-likeness (QED) is 0.816. The maximum atomic E-state index is 12.0. The lowest BCUT2D eigenvalue weighted by Crippen LogP contribution is -2.41.